The summed E-state index contributed by atoms with van der Waals surface area (Å²) in [6.07, 6.45) is 3.95. The van der Waals surface area contributed by atoms with Gasteiger partial charge >= 0.3 is 0 Å². The number of benzene rings is 1. The predicted octanol–water partition coefficient (Wildman–Crippen LogP) is 3.06. The molecule has 136 valence electrons. The van der Waals surface area contributed by atoms with Crippen LogP contribution in [0.5, 0.6) is 0 Å². The molecule has 0 saturated heterocycles. The molecule has 6 nitrogen and oxygen atoms in total. The second-order valence-electron chi connectivity index (χ2n) is 5.89. The lowest BCUT2D eigenvalue weighted by Gasteiger charge is -2.11. The number of imidazole rings is 1. The van der Waals surface area contributed by atoms with Crippen LogP contribution in [0.4, 0.5) is 4.39 Å². The number of halogens is 1. The third kappa shape index (κ3) is 3.44. The molecule has 3 heterocycles. The number of thiazole rings is 1. The van der Waals surface area contributed by atoms with Crippen LogP contribution >= 0.6 is 11.3 Å². The molecule has 0 aliphatic heterocycles. The molecule has 1 atom stereocenters. The summed E-state index contributed by atoms with van der Waals surface area (Å²) < 4.78 is 15.6. The zero-order valence-corrected chi connectivity index (χ0v) is 14.9. The molecule has 0 radical (unpaired) electrons. The van der Waals surface area contributed by atoms with Crippen LogP contribution in [0.25, 0.3) is 16.2 Å². The Labute approximate surface area is 158 Å². The largest absolute Gasteiger partial charge is 0.387 e. The minimum Gasteiger partial charge on any atom is -0.387 e. The van der Waals surface area contributed by atoms with Gasteiger partial charge in [0.25, 0.3) is 5.91 Å². The van der Waals surface area contributed by atoms with Gasteiger partial charge in [0.15, 0.2) is 4.96 Å². The number of amides is 1. The van der Waals surface area contributed by atoms with Crippen LogP contribution in [0.3, 0.4) is 0 Å². The van der Waals surface area contributed by atoms with Crippen molar-refractivity contribution >= 4 is 22.2 Å². The molecule has 3 aromatic heterocycles. The quantitative estimate of drug-likeness (QED) is 0.556. The number of fused-ring (bicyclic) bond motifs is 1. The third-order valence-corrected chi connectivity index (χ3v) is 4.96. The minimum atomic E-state index is -0.853. The van der Waals surface area contributed by atoms with E-state index in [1.54, 1.807) is 58.7 Å². The van der Waals surface area contributed by atoms with E-state index in [9.17, 15) is 14.3 Å². The molecule has 0 saturated carbocycles. The number of hydrogen-bond acceptors (Lipinski definition) is 5. The molecule has 27 heavy (non-hydrogen) atoms. The van der Waals surface area contributed by atoms with Gasteiger partial charge in [-0.1, -0.05) is 18.2 Å². The maximum Gasteiger partial charge on any atom is 0.269 e. The number of aliphatic hydroxyl groups excluding tert-OH is 1. The van der Waals surface area contributed by atoms with Gasteiger partial charge < -0.3 is 10.4 Å². The molecule has 2 N–H and O–H groups in total. The van der Waals surface area contributed by atoms with Gasteiger partial charge in [0.2, 0.25) is 0 Å². The highest BCUT2D eigenvalue weighted by Crippen LogP contribution is 2.25. The maximum absolute atomic E-state index is 14.0. The number of rotatable bonds is 5. The van der Waals surface area contributed by atoms with Gasteiger partial charge in [0.1, 0.15) is 11.5 Å². The number of aliphatic hydroxyl groups is 1. The van der Waals surface area contributed by atoms with Gasteiger partial charge in [0.05, 0.1) is 11.8 Å². The Kier molecular flexibility index (Phi) is 4.66. The summed E-state index contributed by atoms with van der Waals surface area (Å²) in [6, 6.07) is 9.83. The van der Waals surface area contributed by atoms with E-state index in [1.165, 1.54) is 17.4 Å². The van der Waals surface area contributed by atoms with Gasteiger partial charge in [-0.3, -0.25) is 14.2 Å². The normalized spacial score (nSPS) is 12.2. The lowest BCUT2D eigenvalue weighted by Crippen LogP contribution is -2.29. The Morgan fingerprint density at radius 3 is 2.93 bits per heavy atom. The highest BCUT2D eigenvalue weighted by molar-refractivity contribution is 7.15. The van der Waals surface area contributed by atoms with Gasteiger partial charge in [0, 0.05) is 41.6 Å². The van der Waals surface area contributed by atoms with Crippen LogP contribution in [0.2, 0.25) is 0 Å². The molecule has 1 amide bonds. The van der Waals surface area contributed by atoms with E-state index in [1.807, 2.05) is 0 Å². The van der Waals surface area contributed by atoms with E-state index in [-0.39, 0.29) is 18.3 Å². The van der Waals surface area contributed by atoms with Crippen molar-refractivity contribution in [1.82, 2.24) is 19.7 Å². The molecule has 4 aromatic rings. The topological polar surface area (TPSA) is 79.5 Å². The maximum atomic E-state index is 14.0. The van der Waals surface area contributed by atoms with Crippen molar-refractivity contribution in [2.45, 2.75) is 6.10 Å². The first-order valence-electron chi connectivity index (χ1n) is 8.21. The third-order valence-electron chi connectivity index (χ3n) is 4.12. The molecule has 0 aliphatic rings. The predicted molar refractivity (Wildman–Crippen MR) is 100.0 cm³/mol. The van der Waals surface area contributed by atoms with Gasteiger partial charge in [-0.2, -0.15) is 0 Å². The Bertz CT molecular complexity index is 1090. The van der Waals surface area contributed by atoms with Crippen LogP contribution in [-0.4, -0.2) is 31.9 Å². The monoisotopic (exact) mass is 382 g/mol. The van der Waals surface area contributed by atoms with Crippen molar-refractivity contribution < 1.29 is 14.3 Å². The molecule has 1 aromatic carbocycles. The zero-order chi connectivity index (χ0) is 18.8. The first kappa shape index (κ1) is 17.3. The van der Waals surface area contributed by atoms with E-state index in [0.717, 1.165) is 0 Å². The van der Waals surface area contributed by atoms with Gasteiger partial charge in [-0.25, -0.2) is 9.37 Å². The standard InChI is InChI=1S/C19H15FN4O2S/c20-14-6-2-1-5-13(14)15-10-24-16(11-27-19(24)23-15)18(26)22-9-17(25)12-4-3-7-21-8-12/h1-8,10-11,17,25H,9H2,(H,22,26). The van der Waals surface area contributed by atoms with Crippen molar-refractivity contribution in [2.75, 3.05) is 6.54 Å². The van der Waals surface area contributed by atoms with Crippen molar-refractivity contribution in [3.63, 3.8) is 0 Å². The summed E-state index contributed by atoms with van der Waals surface area (Å²) in [5.41, 5.74) is 1.84. The fourth-order valence-corrected chi connectivity index (χ4v) is 3.57. The molecule has 0 bridgehead atoms. The summed E-state index contributed by atoms with van der Waals surface area (Å²) in [4.78, 5) is 21.4. The van der Waals surface area contributed by atoms with Crippen LogP contribution in [-0.2, 0) is 0 Å². The molecule has 8 heteroatoms. The molecule has 0 spiro atoms. The average Bonchev–Trinajstić information content (AvgIpc) is 3.27. The fraction of sp³-hybridized carbons (Fsp3) is 0.105. The molecule has 1 unspecified atom stereocenters. The fourth-order valence-electron chi connectivity index (χ4n) is 2.72. The number of pyridine rings is 1. The highest BCUT2D eigenvalue weighted by Gasteiger charge is 2.17. The Morgan fingerprint density at radius 2 is 2.15 bits per heavy atom. The number of aromatic nitrogens is 3. The van der Waals surface area contributed by atoms with E-state index in [2.05, 4.69) is 15.3 Å². The Balaban J connectivity index is 1.53. The van der Waals surface area contributed by atoms with E-state index in [4.69, 9.17) is 0 Å². The molecule has 0 aliphatic carbocycles. The SMILES string of the molecule is O=C(NCC(O)c1cccnc1)c1csc2nc(-c3ccccc3F)cn12. The Morgan fingerprint density at radius 1 is 1.30 bits per heavy atom. The lowest BCUT2D eigenvalue weighted by atomic mass is 10.1. The summed E-state index contributed by atoms with van der Waals surface area (Å²) >= 11 is 1.29. The summed E-state index contributed by atoms with van der Waals surface area (Å²) in [5, 5.41) is 14.5. The van der Waals surface area contributed by atoms with E-state index in [0.29, 0.717) is 27.5 Å². The van der Waals surface area contributed by atoms with E-state index >= 15 is 0 Å². The summed E-state index contributed by atoms with van der Waals surface area (Å²) in [7, 11) is 0. The average molecular weight is 382 g/mol. The second-order valence-corrected chi connectivity index (χ2v) is 6.73. The van der Waals surface area contributed by atoms with Crippen molar-refractivity contribution in [1.29, 1.82) is 0 Å². The molecule has 4 rings (SSSR count). The number of carbonyl (C=O) groups excluding carboxylic acids is 1. The molecular weight excluding hydrogens is 367 g/mol. The van der Waals surface area contributed by atoms with Gasteiger partial charge in [-0.15, -0.1) is 11.3 Å². The van der Waals surface area contributed by atoms with Crippen molar-refractivity contribution in [3.8, 4) is 11.3 Å². The first-order valence-corrected chi connectivity index (χ1v) is 9.09. The van der Waals surface area contributed by atoms with Crippen LogP contribution < -0.4 is 5.32 Å². The van der Waals surface area contributed by atoms with Gasteiger partial charge in [-0.05, 0) is 18.2 Å². The number of carbonyl (C=O) groups is 1. The number of hydrogen-bond donors (Lipinski definition) is 2. The van der Waals surface area contributed by atoms with Crippen LogP contribution in [0.15, 0.2) is 60.4 Å². The highest BCUT2D eigenvalue weighted by atomic mass is 32.1. The number of nitrogens with zero attached hydrogens (tertiary/aromatic N) is 3. The summed E-state index contributed by atoms with van der Waals surface area (Å²) in [6.45, 7) is 0.0523. The van der Waals surface area contributed by atoms with Crippen LogP contribution in [0.1, 0.15) is 22.2 Å². The zero-order valence-electron chi connectivity index (χ0n) is 14.0. The minimum absolute atomic E-state index is 0.0523. The van der Waals surface area contributed by atoms with Crippen molar-refractivity contribution in [2.24, 2.45) is 0 Å². The smallest absolute Gasteiger partial charge is 0.269 e. The lowest BCUT2D eigenvalue weighted by molar-refractivity contribution is 0.0910. The molecule has 0 fully saturated rings. The van der Waals surface area contributed by atoms with E-state index < -0.39 is 6.10 Å². The second kappa shape index (κ2) is 7.26. The van der Waals surface area contributed by atoms with Crippen LogP contribution in [0, 0.1) is 5.82 Å². The molecular formula is C19H15FN4O2S. The number of nitrogens with one attached hydrogen (secondary N) is 1. The first-order chi connectivity index (χ1) is 13.1. The van der Waals surface area contributed by atoms with Crippen molar-refractivity contribution in [3.05, 3.63) is 77.4 Å². The summed E-state index contributed by atoms with van der Waals surface area (Å²) in [5.74, 6) is -0.712. The Hall–Kier alpha value is -3.10.